The van der Waals surface area contributed by atoms with E-state index in [1.165, 1.54) is 0 Å². The zero-order valence-corrected chi connectivity index (χ0v) is 8.44. The third-order valence-electron chi connectivity index (χ3n) is 1.14. The molecule has 0 unspecified atom stereocenters. The normalized spacial score (nSPS) is 9.92. The summed E-state index contributed by atoms with van der Waals surface area (Å²) in [6, 6.07) is 0. The Kier molecular flexibility index (Phi) is 3.61. The maximum atomic E-state index is 3.99. The van der Waals surface area contributed by atoms with Crippen molar-refractivity contribution < 1.29 is 0 Å². The number of anilines is 1. The lowest BCUT2D eigenvalue weighted by atomic mass is 10.5. The average Bonchev–Trinajstić information content (AvgIpc) is 1.99. The van der Waals surface area contributed by atoms with Crippen molar-refractivity contribution in [3.05, 3.63) is 0 Å². The van der Waals surface area contributed by atoms with Crippen LogP contribution >= 0.6 is 25.3 Å². The molecule has 1 heterocycles. The zero-order valence-electron chi connectivity index (χ0n) is 6.65. The summed E-state index contributed by atoms with van der Waals surface area (Å²) in [5.41, 5.74) is 0. The van der Waals surface area contributed by atoms with Crippen molar-refractivity contribution in [3.63, 3.8) is 0 Å². The monoisotopic (exact) mass is 202 g/mol. The van der Waals surface area contributed by atoms with E-state index in [4.69, 9.17) is 0 Å². The minimum absolute atomic E-state index is 0.383. The number of thiol groups is 2. The molecule has 1 rings (SSSR count). The first-order valence-electron chi connectivity index (χ1n) is 3.60. The molecule has 0 amide bonds. The fourth-order valence-corrected chi connectivity index (χ4v) is 1.13. The Morgan fingerprint density at radius 2 is 1.75 bits per heavy atom. The maximum Gasteiger partial charge on any atom is 0.227 e. The van der Waals surface area contributed by atoms with E-state index in [0.29, 0.717) is 16.3 Å². The van der Waals surface area contributed by atoms with Gasteiger partial charge in [0, 0.05) is 6.54 Å². The summed E-state index contributed by atoms with van der Waals surface area (Å²) in [7, 11) is 0. The van der Waals surface area contributed by atoms with E-state index in [0.717, 1.165) is 13.0 Å². The summed E-state index contributed by atoms with van der Waals surface area (Å²) in [5, 5.41) is 3.78. The van der Waals surface area contributed by atoms with Gasteiger partial charge in [0.15, 0.2) is 10.3 Å². The first-order valence-corrected chi connectivity index (χ1v) is 4.49. The highest BCUT2D eigenvalue weighted by Gasteiger charge is 1.98. The molecule has 0 saturated heterocycles. The van der Waals surface area contributed by atoms with Gasteiger partial charge < -0.3 is 5.32 Å². The fourth-order valence-electron chi connectivity index (χ4n) is 0.670. The first kappa shape index (κ1) is 9.60. The van der Waals surface area contributed by atoms with Crippen LogP contribution in [0.25, 0.3) is 0 Å². The SMILES string of the molecule is CCCNc1nc(S)nc(S)n1. The van der Waals surface area contributed by atoms with Gasteiger partial charge in [-0.05, 0) is 6.42 Å². The second-order valence-electron chi connectivity index (χ2n) is 2.19. The Labute approximate surface area is 82.0 Å². The van der Waals surface area contributed by atoms with Gasteiger partial charge in [-0.2, -0.15) is 15.0 Å². The molecule has 6 heteroatoms. The molecule has 0 spiro atoms. The van der Waals surface area contributed by atoms with Gasteiger partial charge in [0.2, 0.25) is 5.95 Å². The van der Waals surface area contributed by atoms with Crippen LogP contribution in [0.1, 0.15) is 13.3 Å². The summed E-state index contributed by atoms with van der Waals surface area (Å²) in [6.07, 6.45) is 1.02. The Morgan fingerprint density at radius 1 is 1.17 bits per heavy atom. The summed E-state index contributed by atoms with van der Waals surface area (Å²) in [4.78, 5) is 11.7. The van der Waals surface area contributed by atoms with Crippen LogP contribution in [0.15, 0.2) is 10.3 Å². The van der Waals surface area contributed by atoms with Crippen LogP contribution in [0.4, 0.5) is 5.95 Å². The van der Waals surface area contributed by atoms with Crippen molar-refractivity contribution in [2.75, 3.05) is 11.9 Å². The van der Waals surface area contributed by atoms with E-state index in [1.807, 2.05) is 0 Å². The number of hydrogen-bond acceptors (Lipinski definition) is 6. The Hall–Kier alpha value is -0.490. The smallest absolute Gasteiger partial charge is 0.227 e. The highest BCUT2D eigenvalue weighted by Crippen LogP contribution is 2.06. The molecular formula is C6H10N4S2. The quantitative estimate of drug-likeness (QED) is 0.646. The van der Waals surface area contributed by atoms with Gasteiger partial charge in [0.1, 0.15) is 0 Å². The number of nitrogens with one attached hydrogen (secondary N) is 1. The van der Waals surface area contributed by atoms with Crippen molar-refractivity contribution in [3.8, 4) is 0 Å². The maximum absolute atomic E-state index is 3.99. The average molecular weight is 202 g/mol. The van der Waals surface area contributed by atoms with E-state index in [9.17, 15) is 0 Å². The molecule has 0 aliphatic carbocycles. The Morgan fingerprint density at radius 3 is 2.25 bits per heavy atom. The van der Waals surface area contributed by atoms with Crippen molar-refractivity contribution in [2.24, 2.45) is 0 Å². The molecular weight excluding hydrogens is 192 g/mol. The molecule has 1 aromatic heterocycles. The van der Waals surface area contributed by atoms with Crippen LogP contribution in [0, 0.1) is 0 Å². The predicted octanol–water partition coefficient (Wildman–Crippen LogP) is 1.27. The molecule has 4 nitrogen and oxygen atoms in total. The van der Waals surface area contributed by atoms with Crippen molar-refractivity contribution >= 4 is 31.2 Å². The molecule has 0 radical (unpaired) electrons. The lowest BCUT2D eigenvalue weighted by Gasteiger charge is -2.02. The second kappa shape index (κ2) is 4.51. The van der Waals surface area contributed by atoms with Crippen molar-refractivity contribution in [1.29, 1.82) is 0 Å². The van der Waals surface area contributed by atoms with Crippen LogP contribution in [-0.2, 0) is 0 Å². The molecule has 0 bridgehead atoms. The molecule has 12 heavy (non-hydrogen) atoms. The number of aromatic nitrogens is 3. The van der Waals surface area contributed by atoms with Crippen LogP contribution in [0.3, 0.4) is 0 Å². The van der Waals surface area contributed by atoms with Gasteiger partial charge in [-0.1, -0.05) is 6.92 Å². The molecule has 0 aliphatic heterocycles. The first-order chi connectivity index (χ1) is 5.72. The van der Waals surface area contributed by atoms with E-state index < -0.39 is 0 Å². The zero-order chi connectivity index (χ0) is 8.97. The highest BCUT2D eigenvalue weighted by atomic mass is 32.1. The van der Waals surface area contributed by atoms with Gasteiger partial charge >= 0.3 is 0 Å². The van der Waals surface area contributed by atoms with Crippen LogP contribution in [0.2, 0.25) is 0 Å². The largest absolute Gasteiger partial charge is 0.354 e. The molecule has 0 atom stereocenters. The molecule has 0 saturated carbocycles. The second-order valence-corrected chi connectivity index (χ2v) is 2.99. The minimum Gasteiger partial charge on any atom is -0.354 e. The summed E-state index contributed by atoms with van der Waals surface area (Å²) in [6.45, 7) is 2.90. The predicted molar refractivity (Wildman–Crippen MR) is 53.1 cm³/mol. The van der Waals surface area contributed by atoms with Crippen LogP contribution < -0.4 is 5.32 Å². The van der Waals surface area contributed by atoms with E-state index in [-0.39, 0.29) is 0 Å². The lowest BCUT2D eigenvalue weighted by molar-refractivity contribution is 0.802. The standard InChI is InChI=1S/C6H10N4S2/c1-2-3-7-4-8-5(11)10-6(12)9-4/h2-3H2,1H3,(H3,7,8,9,10,11,12). The van der Waals surface area contributed by atoms with Crippen LogP contribution in [-0.4, -0.2) is 21.5 Å². The van der Waals surface area contributed by atoms with E-state index in [2.05, 4.69) is 52.5 Å². The van der Waals surface area contributed by atoms with Crippen LogP contribution in [0.5, 0.6) is 0 Å². The molecule has 0 aliphatic rings. The van der Waals surface area contributed by atoms with E-state index >= 15 is 0 Å². The van der Waals surface area contributed by atoms with Gasteiger partial charge in [-0.15, -0.1) is 25.3 Å². The molecule has 0 aromatic carbocycles. The summed E-state index contributed by atoms with van der Waals surface area (Å²) in [5.74, 6) is 0.529. The molecule has 1 N–H and O–H groups in total. The van der Waals surface area contributed by atoms with Crippen molar-refractivity contribution in [1.82, 2.24) is 15.0 Å². The molecule has 66 valence electrons. The van der Waals surface area contributed by atoms with Crippen molar-refractivity contribution in [2.45, 2.75) is 23.7 Å². The minimum atomic E-state index is 0.383. The van der Waals surface area contributed by atoms with Gasteiger partial charge in [-0.25, -0.2) is 0 Å². The fraction of sp³-hybridized carbons (Fsp3) is 0.500. The summed E-state index contributed by atoms with van der Waals surface area (Å²) < 4.78 is 0. The number of hydrogen-bond donors (Lipinski definition) is 3. The van der Waals surface area contributed by atoms with Gasteiger partial charge in [0.25, 0.3) is 0 Å². The number of nitrogens with zero attached hydrogens (tertiary/aromatic N) is 3. The Balaban J connectivity index is 2.72. The number of rotatable bonds is 3. The third kappa shape index (κ3) is 2.86. The topological polar surface area (TPSA) is 50.7 Å². The molecule has 0 fully saturated rings. The van der Waals surface area contributed by atoms with Gasteiger partial charge in [-0.3, -0.25) is 0 Å². The highest BCUT2D eigenvalue weighted by molar-refractivity contribution is 7.80. The molecule has 1 aromatic rings. The Bertz CT molecular complexity index is 245. The third-order valence-corrected chi connectivity index (χ3v) is 1.54. The van der Waals surface area contributed by atoms with Gasteiger partial charge in [0.05, 0.1) is 0 Å². The summed E-state index contributed by atoms with van der Waals surface area (Å²) >= 11 is 7.99. The lowest BCUT2D eigenvalue weighted by Crippen LogP contribution is -2.05. The van der Waals surface area contributed by atoms with E-state index in [1.54, 1.807) is 0 Å².